The van der Waals surface area contributed by atoms with Crippen molar-refractivity contribution in [2.75, 3.05) is 6.54 Å². The van der Waals surface area contributed by atoms with Crippen LogP contribution in [0.3, 0.4) is 0 Å². The first-order valence-corrected chi connectivity index (χ1v) is 6.97. The summed E-state index contributed by atoms with van der Waals surface area (Å²) in [4.78, 5) is 0. The van der Waals surface area contributed by atoms with Crippen LogP contribution in [0, 0.1) is 11.6 Å². The van der Waals surface area contributed by atoms with Crippen LogP contribution in [-0.2, 0) is 13.0 Å². The maximum Gasteiger partial charge on any atom is 0.131 e. The number of nitrogens with zero attached hydrogens (tertiary/aromatic N) is 2. The lowest BCUT2D eigenvalue weighted by atomic mass is 10.1. The fourth-order valence-corrected chi connectivity index (χ4v) is 2.48. The topological polar surface area (TPSA) is 37.8 Å². The second-order valence-electron chi connectivity index (χ2n) is 4.14. The predicted octanol–water partition coefficient (Wildman–Crippen LogP) is 2.91. The molecule has 1 N–H and O–H groups in total. The highest BCUT2D eigenvalue weighted by Crippen LogP contribution is 2.19. The van der Waals surface area contributed by atoms with Gasteiger partial charge in [-0.3, -0.25) is 0 Å². The number of aromatic nitrogens is 2. The Labute approximate surface area is 114 Å². The molecule has 1 heterocycles. The highest BCUT2D eigenvalue weighted by molar-refractivity contribution is 7.11. The van der Waals surface area contributed by atoms with Crippen molar-refractivity contribution in [1.29, 1.82) is 0 Å². The molecule has 0 fully saturated rings. The van der Waals surface area contributed by atoms with Crippen molar-refractivity contribution in [3.8, 4) is 0 Å². The summed E-state index contributed by atoms with van der Waals surface area (Å²) < 4.78 is 27.0. The van der Waals surface area contributed by atoms with Gasteiger partial charge in [0.2, 0.25) is 0 Å². The van der Waals surface area contributed by atoms with E-state index in [2.05, 4.69) is 22.4 Å². The second kappa shape index (κ2) is 6.68. The van der Waals surface area contributed by atoms with Gasteiger partial charge in [0, 0.05) is 18.5 Å². The van der Waals surface area contributed by atoms with E-state index in [0.717, 1.165) is 18.0 Å². The van der Waals surface area contributed by atoms with Crippen LogP contribution in [0.15, 0.2) is 18.2 Å². The van der Waals surface area contributed by atoms with Gasteiger partial charge in [0.1, 0.15) is 21.6 Å². The SMILES string of the molecule is CCCNCc1nnc(Cc2c(F)cccc2F)s1. The van der Waals surface area contributed by atoms with E-state index in [1.807, 2.05) is 0 Å². The van der Waals surface area contributed by atoms with Crippen molar-refractivity contribution in [3.63, 3.8) is 0 Å². The zero-order valence-corrected chi connectivity index (χ0v) is 11.4. The quantitative estimate of drug-likeness (QED) is 0.828. The van der Waals surface area contributed by atoms with Gasteiger partial charge >= 0.3 is 0 Å². The van der Waals surface area contributed by atoms with E-state index in [1.165, 1.54) is 29.5 Å². The molecule has 1 aromatic carbocycles. The number of hydrogen-bond donors (Lipinski definition) is 1. The van der Waals surface area contributed by atoms with Crippen LogP contribution in [0.25, 0.3) is 0 Å². The molecular weight excluding hydrogens is 268 g/mol. The van der Waals surface area contributed by atoms with Gasteiger partial charge in [0.25, 0.3) is 0 Å². The summed E-state index contributed by atoms with van der Waals surface area (Å²) in [7, 11) is 0. The fourth-order valence-electron chi connectivity index (χ4n) is 1.66. The lowest BCUT2D eigenvalue weighted by molar-refractivity contribution is 0.561. The summed E-state index contributed by atoms with van der Waals surface area (Å²) in [5.74, 6) is -1.08. The summed E-state index contributed by atoms with van der Waals surface area (Å²) in [5.41, 5.74) is 0.0479. The van der Waals surface area contributed by atoms with Crippen LogP contribution in [0.4, 0.5) is 8.78 Å². The van der Waals surface area contributed by atoms with Crippen molar-refractivity contribution in [1.82, 2.24) is 15.5 Å². The van der Waals surface area contributed by atoms with Crippen LogP contribution in [0.5, 0.6) is 0 Å². The van der Waals surface area contributed by atoms with E-state index in [-0.39, 0.29) is 12.0 Å². The summed E-state index contributed by atoms with van der Waals surface area (Å²) in [6, 6.07) is 3.86. The first-order chi connectivity index (χ1) is 9.20. The average molecular weight is 283 g/mol. The standard InChI is InChI=1S/C13H15F2N3S/c1-2-6-16-8-13-18-17-12(19-13)7-9-10(14)4-3-5-11(9)15/h3-5,16H,2,6-8H2,1H3. The lowest BCUT2D eigenvalue weighted by Crippen LogP contribution is -2.13. The van der Waals surface area contributed by atoms with Crippen molar-refractivity contribution >= 4 is 11.3 Å². The highest BCUT2D eigenvalue weighted by atomic mass is 32.1. The lowest BCUT2D eigenvalue weighted by Gasteiger charge is -2.01. The first kappa shape index (κ1) is 14.0. The molecule has 0 unspecified atom stereocenters. The zero-order chi connectivity index (χ0) is 13.7. The summed E-state index contributed by atoms with van der Waals surface area (Å²) in [6.07, 6.45) is 1.19. The Morgan fingerprint density at radius 1 is 1.16 bits per heavy atom. The number of nitrogens with one attached hydrogen (secondary N) is 1. The molecule has 0 amide bonds. The van der Waals surface area contributed by atoms with Crippen LogP contribution >= 0.6 is 11.3 Å². The molecule has 2 aromatic rings. The average Bonchev–Trinajstić information content (AvgIpc) is 2.82. The van der Waals surface area contributed by atoms with Gasteiger partial charge in [-0.05, 0) is 25.1 Å². The van der Waals surface area contributed by atoms with Crippen molar-refractivity contribution in [3.05, 3.63) is 45.4 Å². The van der Waals surface area contributed by atoms with Crippen molar-refractivity contribution in [2.24, 2.45) is 0 Å². The molecule has 0 atom stereocenters. The van der Waals surface area contributed by atoms with E-state index >= 15 is 0 Å². The molecule has 0 aliphatic carbocycles. The smallest absolute Gasteiger partial charge is 0.131 e. The van der Waals surface area contributed by atoms with Crippen LogP contribution in [-0.4, -0.2) is 16.7 Å². The molecule has 0 saturated heterocycles. The second-order valence-corrected chi connectivity index (χ2v) is 5.29. The monoisotopic (exact) mass is 283 g/mol. The number of benzene rings is 1. The van der Waals surface area contributed by atoms with Crippen LogP contribution < -0.4 is 5.32 Å². The Morgan fingerprint density at radius 3 is 2.53 bits per heavy atom. The molecule has 2 rings (SSSR count). The third kappa shape index (κ3) is 3.78. The third-order valence-corrected chi connectivity index (χ3v) is 3.52. The zero-order valence-electron chi connectivity index (χ0n) is 10.6. The Balaban J connectivity index is 2.03. The number of rotatable bonds is 6. The minimum absolute atomic E-state index is 0.0479. The Hall–Kier alpha value is -1.40. The molecule has 0 bridgehead atoms. The fraction of sp³-hybridized carbons (Fsp3) is 0.385. The molecule has 102 valence electrons. The minimum Gasteiger partial charge on any atom is -0.310 e. The summed E-state index contributed by atoms with van der Waals surface area (Å²) in [5, 5.41) is 12.6. The number of halogens is 2. The van der Waals surface area contributed by atoms with Gasteiger partial charge in [0.05, 0.1) is 0 Å². The molecule has 0 saturated carbocycles. The molecule has 0 aliphatic heterocycles. The van der Waals surface area contributed by atoms with Crippen molar-refractivity contribution in [2.45, 2.75) is 26.3 Å². The molecule has 3 nitrogen and oxygen atoms in total. The van der Waals surface area contributed by atoms with Gasteiger partial charge in [-0.15, -0.1) is 10.2 Å². The van der Waals surface area contributed by atoms with Crippen molar-refractivity contribution < 1.29 is 8.78 Å². The van der Waals surface area contributed by atoms with E-state index in [4.69, 9.17) is 0 Å². The molecule has 0 radical (unpaired) electrons. The Bertz CT molecular complexity index is 522. The predicted molar refractivity (Wildman–Crippen MR) is 71.1 cm³/mol. The normalized spacial score (nSPS) is 10.9. The molecule has 6 heteroatoms. The van der Waals surface area contributed by atoms with Crippen LogP contribution in [0.1, 0.15) is 28.9 Å². The van der Waals surface area contributed by atoms with Gasteiger partial charge in [-0.1, -0.05) is 24.3 Å². The third-order valence-electron chi connectivity index (χ3n) is 2.60. The van der Waals surface area contributed by atoms with Gasteiger partial charge in [-0.2, -0.15) is 0 Å². The largest absolute Gasteiger partial charge is 0.310 e. The van der Waals surface area contributed by atoms with E-state index in [1.54, 1.807) is 0 Å². The van der Waals surface area contributed by atoms with E-state index < -0.39 is 11.6 Å². The first-order valence-electron chi connectivity index (χ1n) is 6.15. The van der Waals surface area contributed by atoms with Gasteiger partial charge in [-0.25, -0.2) is 8.78 Å². The summed E-state index contributed by atoms with van der Waals surface area (Å²) in [6.45, 7) is 3.64. The number of hydrogen-bond acceptors (Lipinski definition) is 4. The maximum absolute atomic E-state index is 13.5. The highest BCUT2D eigenvalue weighted by Gasteiger charge is 2.12. The summed E-state index contributed by atoms with van der Waals surface area (Å²) >= 11 is 1.38. The van der Waals surface area contributed by atoms with E-state index in [9.17, 15) is 8.78 Å². The Kier molecular flexibility index (Phi) is 4.93. The van der Waals surface area contributed by atoms with Crippen LogP contribution in [0.2, 0.25) is 0 Å². The molecule has 1 aromatic heterocycles. The molecule has 0 aliphatic rings. The molecule has 0 spiro atoms. The maximum atomic E-state index is 13.5. The van der Waals surface area contributed by atoms with Gasteiger partial charge in [0.15, 0.2) is 0 Å². The molecular formula is C13H15F2N3S. The molecule has 19 heavy (non-hydrogen) atoms. The van der Waals surface area contributed by atoms with E-state index in [0.29, 0.717) is 11.6 Å². The minimum atomic E-state index is -0.541. The Morgan fingerprint density at radius 2 is 1.84 bits per heavy atom. The van der Waals surface area contributed by atoms with Gasteiger partial charge < -0.3 is 5.32 Å².